The molecule has 39 heavy (non-hydrogen) atoms. The van der Waals surface area contributed by atoms with Gasteiger partial charge in [0.15, 0.2) is 0 Å². The van der Waals surface area contributed by atoms with Crippen molar-refractivity contribution < 1.29 is 32.9 Å². The van der Waals surface area contributed by atoms with Gasteiger partial charge >= 0.3 is 20.2 Å². The average Bonchev–Trinajstić information content (AvgIpc) is 3.46. The fourth-order valence-corrected chi connectivity index (χ4v) is 8.09. The number of carbonyl (C=O) groups excluding carboxylic acids is 1. The summed E-state index contributed by atoms with van der Waals surface area (Å²) >= 11 is 0. The van der Waals surface area contributed by atoms with Crippen LogP contribution in [0.5, 0.6) is 5.75 Å². The number of esters is 1. The second-order valence-electron chi connectivity index (χ2n) is 14.2. The number of rotatable bonds is 6. The van der Waals surface area contributed by atoms with E-state index in [-0.39, 0.29) is 35.0 Å². The summed E-state index contributed by atoms with van der Waals surface area (Å²) < 4.78 is 38.4. The Morgan fingerprint density at radius 2 is 1.74 bits per heavy atom. The number of para-hydroxylation sites is 1. The molecule has 1 aromatic rings. The van der Waals surface area contributed by atoms with Crippen LogP contribution < -0.4 is 4.74 Å². The number of hydrogen-bond acceptors (Lipinski definition) is 7. The summed E-state index contributed by atoms with van der Waals surface area (Å²) in [5.74, 6) is 1.27. The molecular weight excluding hydrogens is 494 g/mol. The molecule has 7 nitrogen and oxygen atoms in total. The summed E-state index contributed by atoms with van der Waals surface area (Å²) in [6, 6.07) is 5.65. The van der Waals surface area contributed by atoms with Gasteiger partial charge in [-0.25, -0.2) is 4.79 Å². The van der Waals surface area contributed by atoms with E-state index in [9.17, 15) is 4.79 Å². The van der Waals surface area contributed by atoms with E-state index in [4.69, 9.17) is 28.1 Å². The van der Waals surface area contributed by atoms with Gasteiger partial charge in [0.25, 0.3) is 0 Å². The zero-order valence-corrected chi connectivity index (χ0v) is 24.7. The molecule has 4 saturated carbocycles. The molecule has 2 bridgehead atoms. The van der Waals surface area contributed by atoms with Gasteiger partial charge in [0.2, 0.25) is 0 Å². The van der Waals surface area contributed by atoms with Crippen LogP contribution in [0, 0.1) is 17.3 Å². The molecule has 212 valence electrons. The molecule has 0 amide bonds. The summed E-state index contributed by atoms with van der Waals surface area (Å²) in [4.78, 5) is 13.1. The number of hydrogen-bond donors (Lipinski definition) is 0. The molecule has 6 aliphatic rings. The third-order valence-electron chi connectivity index (χ3n) is 10.3. The van der Waals surface area contributed by atoms with Gasteiger partial charge in [0.05, 0.1) is 31.0 Å². The Balaban J connectivity index is 1.30. The third kappa shape index (κ3) is 4.75. The molecule has 1 aromatic carbocycles. The minimum atomic E-state index is -0.603. The molecule has 0 spiro atoms. The smallest absolute Gasteiger partial charge is 0.458 e. The Morgan fingerprint density at radius 1 is 1.05 bits per heavy atom. The van der Waals surface area contributed by atoms with E-state index in [0.29, 0.717) is 29.6 Å². The molecule has 6 fully saturated rings. The molecule has 0 aromatic heterocycles. The van der Waals surface area contributed by atoms with Gasteiger partial charge < -0.3 is 28.1 Å². The quantitative estimate of drug-likeness (QED) is 0.341. The van der Waals surface area contributed by atoms with E-state index in [1.807, 2.05) is 32.9 Å². The maximum absolute atomic E-state index is 13.1. The van der Waals surface area contributed by atoms with E-state index < -0.39 is 25.8 Å². The molecule has 0 N–H and O–H groups in total. The zero-order valence-electron chi connectivity index (χ0n) is 24.7. The lowest BCUT2D eigenvalue weighted by Crippen LogP contribution is -2.65. The van der Waals surface area contributed by atoms with E-state index in [1.54, 1.807) is 13.2 Å². The van der Waals surface area contributed by atoms with Crippen LogP contribution in [-0.2, 0) is 29.8 Å². The number of ether oxygens (including phenoxy) is 2. The topological polar surface area (TPSA) is 72.5 Å². The predicted octanol–water partition coefficient (Wildman–Crippen LogP) is 5.68. The van der Waals surface area contributed by atoms with Crippen molar-refractivity contribution in [3.63, 3.8) is 0 Å². The third-order valence-corrected chi connectivity index (χ3v) is 10.3. The molecule has 0 radical (unpaired) electrons. The van der Waals surface area contributed by atoms with Crippen molar-refractivity contribution in [3.05, 3.63) is 29.3 Å². The summed E-state index contributed by atoms with van der Waals surface area (Å²) in [6.45, 7) is 12.6. The molecule has 4 aliphatic carbocycles. The van der Waals surface area contributed by atoms with Crippen LogP contribution in [0.2, 0.25) is 5.72 Å². The van der Waals surface area contributed by atoms with Crippen LogP contribution in [0.25, 0.3) is 0 Å². The zero-order chi connectivity index (χ0) is 27.7. The number of carbonyl (C=O) groups is 1. The van der Waals surface area contributed by atoms with Crippen LogP contribution >= 0.6 is 0 Å². The van der Waals surface area contributed by atoms with E-state index >= 15 is 0 Å². The van der Waals surface area contributed by atoms with Crippen molar-refractivity contribution in [2.75, 3.05) is 7.11 Å². The first-order chi connectivity index (χ1) is 18.4. The Kier molecular flexibility index (Phi) is 6.93. The predicted molar refractivity (Wildman–Crippen MR) is 150 cm³/mol. The Labute approximate surface area is 234 Å². The first kappa shape index (κ1) is 27.6. The van der Waals surface area contributed by atoms with Gasteiger partial charge in [-0.15, -0.1) is 0 Å². The minimum absolute atomic E-state index is 0.0699. The first-order valence-electron chi connectivity index (χ1n) is 14.9. The van der Waals surface area contributed by atoms with E-state index in [1.165, 1.54) is 19.3 Å². The number of fused-ring (bicyclic) bond motifs is 1. The highest BCUT2D eigenvalue weighted by Crippen LogP contribution is 2.66. The fourth-order valence-electron chi connectivity index (χ4n) is 8.09. The molecule has 9 heteroatoms. The molecular formula is C30H44B2O7. The maximum atomic E-state index is 13.1. The number of benzene rings is 1. The van der Waals surface area contributed by atoms with Crippen LogP contribution in [0.3, 0.4) is 0 Å². The van der Waals surface area contributed by atoms with Crippen molar-refractivity contribution >= 4 is 20.2 Å². The summed E-state index contributed by atoms with van der Waals surface area (Å²) in [7, 11) is 0.701. The second kappa shape index (κ2) is 9.78. The van der Waals surface area contributed by atoms with Crippen molar-refractivity contribution in [3.8, 4) is 5.75 Å². The van der Waals surface area contributed by atoms with Crippen molar-refractivity contribution in [1.82, 2.24) is 0 Å². The monoisotopic (exact) mass is 538 g/mol. The van der Waals surface area contributed by atoms with Crippen molar-refractivity contribution in [1.29, 1.82) is 0 Å². The Hall–Kier alpha value is -1.54. The SMILES string of the molecule is COc1c(C[C@H](B2OC3CCCCC3O2)B2OC3CC4CC(C4(C)C)C3(C)O2)cccc1C(=O)OC(C)(C)C. The highest BCUT2D eigenvalue weighted by Gasteiger charge is 2.69. The first-order valence-corrected chi connectivity index (χ1v) is 14.9. The molecule has 7 atom stereocenters. The van der Waals surface area contributed by atoms with Crippen LogP contribution in [0.4, 0.5) is 0 Å². The van der Waals surface area contributed by atoms with Gasteiger partial charge in [-0.05, 0) is 88.7 Å². The van der Waals surface area contributed by atoms with E-state index in [2.05, 4.69) is 20.8 Å². The lowest BCUT2D eigenvalue weighted by molar-refractivity contribution is -0.199. The summed E-state index contributed by atoms with van der Waals surface area (Å²) in [6.07, 6.45) is 7.46. The minimum Gasteiger partial charge on any atom is -0.496 e. The van der Waals surface area contributed by atoms with Gasteiger partial charge in [-0.1, -0.05) is 38.8 Å². The van der Waals surface area contributed by atoms with E-state index in [0.717, 1.165) is 24.8 Å². The highest BCUT2D eigenvalue weighted by molar-refractivity contribution is 6.68. The highest BCUT2D eigenvalue weighted by atomic mass is 16.7. The molecule has 2 aliphatic heterocycles. The summed E-state index contributed by atoms with van der Waals surface area (Å²) in [5.41, 5.74) is 0.440. The maximum Gasteiger partial charge on any atom is 0.458 e. The number of methoxy groups -OCH3 is 1. The van der Waals surface area contributed by atoms with Gasteiger partial charge in [-0.2, -0.15) is 0 Å². The molecule has 2 heterocycles. The Bertz CT molecular complexity index is 1090. The largest absolute Gasteiger partial charge is 0.496 e. The molecule has 2 saturated heterocycles. The lowest BCUT2D eigenvalue weighted by atomic mass is 9.43. The van der Waals surface area contributed by atoms with Gasteiger partial charge in [0.1, 0.15) is 16.9 Å². The lowest BCUT2D eigenvalue weighted by Gasteiger charge is -2.64. The molecule has 7 rings (SSSR count). The fraction of sp³-hybridized carbons (Fsp3) is 0.767. The van der Waals surface area contributed by atoms with Crippen LogP contribution in [0.15, 0.2) is 18.2 Å². The standard InChI is InChI=1S/C30H44B2O7/c1-28(2,3)35-27(33)20-12-10-11-18(26(20)34-7)15-25(31-36-21-13-8-9-14-22(21)37-31)32-38-24-17-19-16-23(29(19,4)5)30(24,6)39-32/h10-12,19,21-25H,8-9,13-17H2,1-7H3/t19?,21?,22?,23?,24?,25-,30?/m1/s1. The normalized spacial score (nSPS) is 35.6. The van der Waals surface area contributed by atoms with Crippen LogP contribution in [0.1, 0.15) is 96.0 Å². The van der Waals surface area contributed by atoms with Crippen LogP contribution in [-0.4, -0.2) is 56.8 Å². The second-order valence-corrected chi connectivity index (χ2v) is 14.2. The van der Waals surface area contributed by atoms with Crippen molar-refractivity contribution in [2.24, 2.45) is 17.3 Å². The van der Waals surface area contributed by atoms with Crippen molar-refractivity contribution in [2.45, 2.75) is 122 Å². The Morgan fingerprint density at radius 3 is 2.36 bits per heavy atom. The summed E-state index contributed by atoms with van der Waals surface area (Å²) in [5, 5.41) is 0. The molecule has 6 unspecified atom stereocenters. The van der Waals surface area contributed by atoms with Gasteiger partial charge in [0, 0.05) is 5.72 Å². The average molecular weight is 538 g/mol. The van der Waals surface area contributed by atoms with Gasteiger partial charge in [-0.3, -0.25) is 0 Å².